The molecule has 0 radical (unpaired) electrons. The lowest BCUT2D eigenvalue weighted by Crippen LogP contribution is -2.50. The predicted molar refractivity (Wildman–Crippen MR) is 119 cm³/mol. The SMILES string of the molecule is CCc1nc(CN2CCN(C(=O)C(C)n3c(-c4cccs4)n[nH]c3=S)CC2)cs1. The molecule has 0 spiro atoms. The average molecular weight is 449 g/mol. The topological polar surface area (TPSA) is 70.1 Å². The molecule has 1 unspecified atom stereocenters. The molecule has 1 aliphatic rings. The predicted octanol–water partition coefficient (Wildman–Crippen LogP) is 3.59. The Balaban J connectivity index is 1.40. The normalized spacial score (nSPS) is 16.3. The summed E-state index contributed by atoms with van der Waals surface area (Å²) in [6.45, 7) is 8.02. The van der Waals surface area contributed by atoms with E-state index >= 15 is 0 Å². The van der Waals surface area contributed by atoms with Gasteiger partial charge < -0.3 is 4.90 Å². The summed E-state index contributed by atoms with van der Waals surface area (Å²) in [5, 5.41) is 12.5. The Hall–Kier alpha value is -1.88. The molecule has 29 heavy (non-hydrogen) atoms. The summed E-state index contributed by atoms with van der Waals surface area (Å²) in [5.41, 5.74) is 1.13. The van der Waals surface area contributed by atoms with E-state index in [0.29, 0.717) is 17.9 Å². The minimum absolute atomic E-state index is 0.0851. The number of hydrogen-bond donors (Lipinski definition) is 1. The number of piperazine rings is 1. The van der Waals surface area contributed by atoms with Gasteiger partial charge in [0, 0.05) is 38.1 Å². The summed E-state index contributed by atoms with van der Waals surface area (Å²) in [4.78, 5) is 23.1. The third kappa shape index (κ3) is 4.35. The number of carbonyl (C=O) groups excluding carboxylic acids is 1. The van der Waals surface area contributed by atoms with Gasteiger partial charge in [-0.15, -0.1) is 22.7 Å². The highest BCUT2D eigenvalue weighted by Gasteiger charge is 2.28. The molecule has 0 saturated carbocycles. The third-order valence-corrected chi connectivity index (χ3v) is 7.36. The van der Waals surface area contributed by atoms with Crippen molar-refractivity contribution in [1.29, 1.82) is 0 Å². The Morgan fingerprint density at radius 3 is 2.76 bits per heavy atom. The van der Waals surface area contributed by atoms with Gasteiger partial charge in [0.05, 0.1) is 15.6 Å². The number of carbonyl (C=O) groups is 1. The van der Waals surface area contributed by atoms with Gasteiger partial charge in [0.1, 0.15) is 6.04 Å². The van der Waals surface area contributed by atoms with Gasteiger partial charge in [0.2, 0.25) is 5.91 Å². The van der Waals surface area contributed by atoms with Crippen molar-refractivity contribution in [2.45, 2.75) is 32.9 Å². The lowest BCUT2D eigenvalue weighted by Gasteiger charge is -2.35. The Morgan fingerprint density at radius 1 is 1.31 bits per heavy atom. The molecular formula is C19H24N6OS3. The first-order valence-corrected chi connectivity index (χ1v) is 11.9. The zero-order chi connectivity index (χ0) is 20.4. The van der Waals surface area contributed by atoms with Crippen molar-refractivity contribution in [2.75, 3.05) is 26.2 Å². The molecule has 1 atom stereocenters. The fourth-order valence-corrected chi connectivity index (χ4v) is 5.29. The van der Waals surface area contributed by atoms with Gasteiger partial charge in [-0.3, -0.25) is 19.4 Å². The highest BCUT2D eigenvalue weighted by Crippen LogP contribution is 2.26. The highest BCUT2D eigenvalue weighted by molar-refractivity contribution is 7.71. The third-order valence-electron chi connectivity index (χ3n) is 5.16. The number of amides is 1. The van der Waals surface area contributed by atoms with Crippen molar-refractivity contribution >= 4 is 40.8 Å². The van der Waals surface area contributed by atoms with Gasteiger partial charge >= 0.3 is 0 Å². The molecule has 1 saturated heterocycles. The number of aromatic amines is 1. The van der Waals surface area contributed by atoms with Crippen LogP contribution in [-0.4, -0.2) is 61.6 Å². The Morgan fingerprint density at radius 2 is 2.10 bits per heavy atom. The van der Waals surface area contributed by atoms with Crippen molar-refractivity contribution in [3.8, 4) is 10.7 Å². The fraction of sp³-hybridized carbons (Fsp3) is 0.474. The molecule has 7 nitrogen and oxygen atoms in total. The standard InChI is InChI=1S/C19H24N6OS3/c1-3-16-20-14(12-29-16)11-23-6-8-24(9-7-23)18(26)13(2)25-17(21-22-19(25)27)15-5-4-10-28-15/h4-5,10,12-13H,3,6-9,11H2,1-2H3,(H,22,27). The van der Waals surface area contributed by atoms with Gasteiger partial charge in [-0.05, 0) is 37.0 Å². The molecule has 10 heteroatoms. The number of hydrogen-bond acceptors (Lipinski definition) is 7. The number of rotatable bonds is 6. The molecule has 1 amide bonds. The Kier molecular flexibility index (Phi) is 6.23. The molecule has 0 bridgehead atoms. The zero-order valence-corrected chi connectivity index (χ0v) is 18.9. The molecule has 0 aromatic carbocycles. The molecule has 154 valence electrons. The van der Waals surface area contributed by atoms with Crippen molar-refractivity contribution in [3.05, 3.63) is 38.4 Å². The van der Waals surface area contributed by atoms with E-state index in [1.54, 1.807) is 22.7 Å². The van der Waals surface area contributed by atoms with Gasteiger partial charge in [-0.2, -0.15) is 5.10 Å². The summed E-state index contributed by atoms with van der Waals surface area (Å²) in [6, 6.07) is 3.57. The van der Waals surface area contributed by atoms with Crippen LogP contribution in [0.25, 0.3) is 10.7 Å². The van der Waals surface area contributed by atoms with Crippen molar-refractivity contribution in [2.24, 2.45) is 0 Å². The fourth-order valence-electron chi connectivity index (χ4n) is 3.56. The summed E-state index contributed by atoms with van der Waals surface area (Å²) >= 11 is 8.72. The van der Waals surface area contributed by atoms with E-state index in [-0.39, 0.29) is 5.91 Å². The molecule has 3 aromatic rings. The van der Waals surface area contributed by atoms with Crippen LogP contribution in [0.4, 0.5) is 0 Å². The van der Waals surface area contributed by atoms with Crippen molar-refractivity contribution in [3.63, 3.8) is 0 Å². The maximum atomic E-state index is 13.2. The number of H-pyrrole nitrogens is 1. The Labute approximate surface area is 183 Å². The van der Waals surface area contributed by atoms with Gasteiger partial charge in [0.25, 0.3) is 0 Å². The quantitative estimate of drug-likeness (QED) is 0.584. The Bertz CT molecular complexity index is 1010. The number of nitrogens with zero attached hydrogens (tertiary/aromatic N) is 5. The van der Waals surface area contributed by atoms with E-state index in [1.807, 2.05) is 33.9 Å². The number of thiophene rings is 1. The van der Waals surface area contributed by atoms with Crippen LogP contribution in [0.15, 0.2) is 22.9 Å². The maximum absolute atomic E-state index is 13.2. The summed E-state index contributed by atoms with van der Waals surface area (Å²) in [6.07, 6.45) is 0.981. The number of thiazole rings is 1. The number of nitrogens with one attached hydrogen (secondary N) is 1. The molecule has 1 fully saturated rings. The van der Waals surface area contributed by atoms with Crippen molar-refractivity contribution < 1.29 is 4.79 Å². The minimum Gasteiger partial charge on any atom is -0.338 e. The van der Waals surface area contributed by atoms with Crippen LogP contribution in [0.2, 0.25) is 0 Å². The van der Waals surface area contributed by atoms with E-state index in [2.05, 4.69) is 32.4 Å². The number of aromatic nitrogens is 4. The molecule has 1 aliphatic heterocycles. The monoisotopic (exact) mass is 448 g/mol. The first-order chi connectivity index (χ1) is 14.1. The zero-order valence-electron chi connectivity index (χ0n) is 16.5. The molecule has 1 N–H and O–H groups in total. The second kappa shape index (κ2) is 8.86. The second-order valence-corrected chi connectivity index (χ2v) is 9.34. The van der Waals surface area contributed by atoms with Crippen LogP contribution < -0.4 is 0 Å². The van der Waals surface area contributed by atoms with E-state index in [9.17, 15) is 4.79 Å². The summed E-state index contributed by atoms with van der Waals surface area (Å²) < 4.78 is 2.31. The lowest BCUT2D eigenvalue weighted by molar-refractivity contribution is -0.136. The summed E-state index contributed by atoms with van der Waals surface area (Å²) in [5.74, 6) is 0.807. The first kappa shape index (κ1) is 20.4. The van der Waals surface area contributed by atoms with E-state index in [1.165, 1.54) is 5.01 Å². The van der Waals surface area contributed by atoms with E-state index in [4.69, 9.17) is 12.2 Å². The van der Waals surface area contributed by atoms with Crippen LogP contribution in [0.3, 0.4) is 0 Å². The lowest BCUT2D eigenvalue weighted by atomic mass is 10.2. The minimum atomic E-state index is -0.393. The van der Waals surface area contributed by atoms with Crippen LogP contribution in [-0.2, 0) is 17.8 Å². The van der Waals surface area contributed by atoms with E-state index < -0.39 is 6.04 Å². The first-order valence-electron chi connectivity index (χ1n) is 9.72. The molecule has 4 heterocycles. The van der Waals surface area contributed by atoms with Crippen molar-refractivity contribution in [1.82, 2.24) is 29.5 Å². The average Bonchev–Trinajstić information content (AvgIpc) is 3.48. The molecular weight excluding hydrogens is 424 g/mol. The smallest absolute Gasteiger partial charge is 0.245 e. The van der Waals surface area contributed by atoms with Crippen LogP contribution in [0.1, 0.15) is 30.6 Å². The second-order valence-electron chi connectivity index (χ2n) is 7.06. The van der Waals surface area contributed by atoms with Crippen LogP contribution >= 0.6 is 34.9 Å². The largest absolute Gasteiger partial charge is 0.338 e. The van der Waals surface area contributed by atoms with Gasteiger partial charge in [-0.1, -0.05) is 13.0 Å². The van der Waals surface area contributed by atoms with E-state index in [0.717, 1.165) is 42.5 Å². The molecule has 3 aromatic heterocycles. The maximum Gasteiger partial charge on any atom is 0.245 e. The highest BCUT2D eigenvalue weighted by atomic mass is 32.1. The van der Waals surface area contributed by atoms with Crippen LogP contribution in [0, 0.1) is 4.77 Å². The molecule has 4 rings (SSSR count). The van der Waals surface area contributed by atoms with Gasteiger partial charge in [0.15, 0.2) is 10.6 Å². The molecule has 0 aliphatic carbocycles. The van der Waals surface area contributed by atoms with Crippen LogP contribution in [0.5, 0.6) is 0 Å². The number of aryl methyl sites for hydroxylation is 1. The van der Waals surface area contributed by atoms with Gasteiger partial charge in [-0.25, -0.2) is 4.98 Å². The summed E-state index contributed by atoms with van der Waals surface area (Å²) in [7, 11) is 0.